The molecule has 5 nitrogen and oxygen atoms in total. The fourth-order valence-corrected chi connectivity index (χ4v) is 1.51. The van der Waals surface area contributed by atoms with Crippen LogP contribution in [0.15, 0.2) is 22.8 Å². The van der Waals surface area contributed by atoms with Crippen molar-refractivity contribution >= 4 is 21.9 Å². The molecule has 0 spiro atoms. The number of aromatic nitrogens is 4. The first-order valence-corrected chi connectivity index (χ1v) is 5.20. The van der Waals surface area contributed by atoms with Crippen LogP contribution in [0.1, 0.15) is 0 Å². The first kappa shape index (κ1) is 10.1. The zero-order valence-corrected chi connectivity index (χ0v) is 9.98. The van der Waals surface area contributed by atoms with Crippen molar-refractivity contribution in [1.29, 1.82) is 0 Å². The summed E-state index contributed by atoms with van der Waals surface area (Å²) in [5.74, 6) is 1.46. The lowest BCUT2D eigenvalue weighted by Gasteiger charge is -2.02. The lowest BCUT2D eigenvalue weighted by atomic mass is 10.3. The van der Waals surface area contributed by atoms with Crippen LogP contribution in [-0.2, 0) is 7.05 Å². The number of hydrogen-bond donors (Lipinski definition) is 1. The van der Waals surface area contributed by atoms with Gasteiger partial charge in [0.05, 0.1) is 0 Å². The molecule has 0 unspecified atom stereocenters. The Morgan fingerprint density at radius 2 is 2.13 bits per heavy atom. The smallest absolute Gasteiger partial charge is 0.224 e. The highest BCUT2D eigenvalue weighted by Crippen LogP contribution is 2.18. The maximum absolute atomic E-state index is 4.26. The molecule has 2 heterocycles. The van der Waals surface area contributed by atoms with E-state index >= 15 is 0 Å². The average molecular weight is 268 g/mol. The van der Waals surface area contributed by atoms with Crippen LogP contribution in [0.25, 0.3) is 11.5 Å². The van der Waals surface area contributed by atoms with Gasteiger partial charge < -0.3 is 5.32 Å². The number of nitrogens with zero attached hydrogens (tertiary/aromatic N) is 4. The molecule has 0 aliphatic carbocycles. The standard InChI is InChI=1S/C9H10BrN5/c1-11-9-14-13-8(15(9)2)7-4-3-6(10)5-12-7/h3-5H,1-2H3,(H,11,14). The molecule has 15 heavy (non-hydrogen) atoms. The van der Waals surface area contributed by atoms with Crippen LogP contribution in [0, 0.1) is 0 Å². The highest BCUT2D eigenvalue weighted by Gasteiger charge is 2.09. The van der Waals surface area contributed by atoms with Gasteiger partial charge in [-0.25, -0.2) is 0 Å². The summed E-state index contributed by atoms with van der Waals surface area (Å²) >= 11 is 3.34. The Labute approximate surface area is 95.7 Å². The van der Waals surface area contributed by atoms with Crippen molar-refractivity contribution in [2.75, 3.05) is 12.4 Å². The second kappa shape index (κ2) is 3.98. The number of rotatable bonds is 2. The molecule has 0 aliphatic rings. The minimum Gasteiger partial charge on any atom is -0.357 e. The van der Waals surface area contributed by atoms with Crippen LogP contribution >= 0.6 is 15.9 Å². The van der Waals surface area contributed by atoms with Crippen LogP contribution in [0.3, 0.4) is 0 Å². The van der Waals surface area contributed by atoms with E-state index in [2.05, 4.69) is 36.4 Å². The van der Waals surface area contributed by atoms with Crippen LogP contribution in [0.2, 0.25) is 0 Å². The molecular formula is C9H10BrN5. The summed E-state index contributed by atoms with van der Waals surface area (Å²) in [4.78, 5) is 4.26. The van der Waals surface area contributed by atoms with Crippen molar-refractivity contribution in [1.82, 2.24) is 19.7 Å². The molecule has 0 saturated heterocycles. The fourth-order valence-electron chi connectivity index (χ4n) is 1.28. The molecule has 0 fully saturated rings. The second-order valence-corrected chi connectivity index (χ2v) is 3.93. The highest BCUT2D eigenvalue weighted by atomic mass is 79.9. The molecule has 0 bridgehead atoms. The van der Waals surface area contributed by atoms with Gasteiger partial charge in [0.2, 0.25) is 5.95 Å². The molecule has 2 rings (SSSR count). The van der Waals surface area contributed by atoms with Gasteiger partial charge in [0, 0.05) is 24.8 Å². The summed E-state index contributed by atoms with van der Waals surface area (Å²) in [6.07, 6.45) is 1.74. The highest BCUT2D eigenvalue weighted by molar-refractivity contribution is 9.10. The van der Waals surface area contributed by atoms with E-state index in [0.29, 0.717) is 0 Å². The predicted molar refractivity (Wildman–Crippen MR) is 61.5 cm³/mol. The largest absolute Gasteiger partial charge is 0.357 e. The van der Waals surface area contributed by atoms with Gasteiger partial charge in [-0.1, -0.05) is 0 Å². The molecule has 0 radical (unpaired) electrons. The third kappa shape index (κ3) is 1.85. The van der Waals surface area contributed by atoms with Gasteiger partial charge in [-0.15, -0.1) is 10.2 Å². The van der Waals surface area contributed by atoms with Crippen molar-refractivity contribution in [3.05, 3.63) is 22.8 Å². The van der Waals surface area contributed by atoms with Crippen molar-refractivity contribution in [2.45, 2.75) is 0 Å². The van der Waals surface area contributed by atoms with Crippen LogP contribution in [-0.4, -0.2) is 26.8 Å². The molecule has 0 saturated carbocycles. The lowest BCUT2D eigenvalue weighted by Crippen LogP contribution is -2.00. The predicted octanol–water partition coefficient (Wildman–Crippen LogP) is 1.68. The Kier molecular flexibility index (Phi) is 2.68. The van der Waals surface area contributed by atoms with Gasteiger partial charge in [-0.3, -0.25) is 9.55 Å². The Bertz CT molecular complexity index is 462. The summed E-state index contributed by atoms with van der Waals surface area (Å²) in [6.45, 7) is 0. The Balaban J connectivity index is 2.45. The first-order chi connectivity index (χ1) is 7.22. The van der Waals surface area contributed by atoms with Gasteiger partial charge in [0.15, 0.2) is 5.82 Å². The molecule has 6 heteroatoms. The van der Waals surface area contributed by atoms with E-state index in [1.54, 1.807) is 6.20 Å². The number of nitrogens with one attached hydrogen (secondary N) is 1. The molecule has 1 N–H and O–H groups in total. The summed E-state index contributed by atoms with van der Waals surface area (Å²) in [6, 6.07) is 3.82. The molecule has 0 aromatic carbocycles. The Morgan fingerprint density at radius 3 is 2.67 bits per heavy atom. The van der Waals surface area contributed by atoms with E-state index in [0.717, 1.165) is 21.9 Å². The molecule has 2 aromatic heterocycles. The topological polar surface area (TPSA) is 55.6 Å². The maximum Gasteiger partial charge on any atom is 0.224 e. The minimum atomic E-state index is 0.717. The van der Waals surface area contributed by atoms with Crippen molar-refractivity contribution in [3.8, 4) is 11.5 Å². The van der Waals surface area contributed by atoms with Crippen molar-refractivity contribution in [2.24, 2.45) is 7.05 Å². The zero-order chi connectivity index (χ0) is 10.8. The van der Waals surface area contributed by atoms with Gasteiger partial charge in [0.25, 0.3) is 0 Å². The van der Waals surface area contributed by atoms with Gasteiger partial charge in [-0.2, -0.15) is 0 Å². The molecule has 78 valence electrons. The van der Waals surface area contributed by atoms with E-state index < -0.39 is 0 Å². The average Bonchev–Trinajstić information content (AvgIpc) is 2.61. The fraction of sp³-hybridized carbons (Fsp3) is 0.222. The molecular weight excluding hydrogens is 258 g/mol. The molecule has 0 amide bonds. The summed E-state index contributed by atoms with van der Waals surface area (Å²) in [5, 5.41) is 11.0. The van der Waals surface area contributed by atoms with Crippen LogP contribution < -0.4 is 5.32 Å². The van der Waals surface area contributed by atoms with Gasteiger partial charge >= 0.3 is 0 Å². The second-order valence-electron chi connectivity index (χ2n) is 3.02. The quantitative estimate of drug-likeness (QED) is 0.900. The van der Waals surface area contributed by atoms with Gasteiger partial charge in [-0.05, 0) is 28.1 Å². The monoisotopic (exact) mass is 267 g/mol. The number of halogens is 1. The number of hydrogen-bond acceptors (Lipinski definition) is 4. The number of anilines is 1. The Morgan fingerprint density at radius 1 is 1.33 bits per heavy atom. The van der Waals surface area contributed by atoms with Crippen molar-refractivity contribution in [3.63, 3.8) is 0 Å². The normalized spacial score (nSPS) is 10.3. The first-order valence-electron chi connectivity index (χ1n) is 4.41. The van der Waals surface area contributed by atoms with E-state index in [1.165, 1.54) is 0 Å². The lowest BCUT2D eigenvalue weighted by molar-refractivity contribution is 0.919. The minimum absolute atomic E-state index is 0.717. The van der Waals surface area contributed by atoms with E-state index in [9.17, 15) is 0 Å². The zero-order valence-electron chi connectivity index (χ0n) is 8.40. The molecule has 0 atom stereocenters. The van der Waals surface area contributed by atoms with Crippen LogP contribution in [0.5, 0.6) is 0 Å². The summed E-state index contributed by atoms with van der Waals surface area (Å²) < 4.78 is 2.80. The molecule has 0 aliphatic heterocycles. The summed E-state index contributed by atoms with van der Waals surface area (Å²) in [5.41, 5.74) is 0.801. The van der Waals surface area contributed by atoms with E-state index in [4.69, 9.17) is 0 Å². The Hall–Kier alpha value is -1.43. The van der Waals surface area contributed by atoms with E-state index in [-0.39, 0.29) is 0 Å². The molecule has 2 aromatic rings. The third-order valence-electron chi connectivity index (χ3n) is 2.05. The maximum atomic E-state index is 4.26. The van der Waals surface area contributed by atoms with Crippen molar-refractivity contribution < 1.29 is 0 Å². The summed E-state index contributed by atoms with van der Waals surface area (Å²) in [7, 11) is 3.70. The van der Waals surface area contributed by atoms with E-state index in [1.807, 2.05) is 30.8 Å². The van der Waals surface area contributed by atoms with Gasteiger partial charge in [0.1, 0.15) is 5.69 Å². The number of pyridine rings is 1. The van der Waals surface area contributed by atoms with Crippen LogP contribution in [0.4, 0.5) is 5.95 Å². The third-order valence-corrected chi connectivity index (χ3v) is 2.52. The SMILES string of the molecule is CNc1nnc(-c2ccc(Br)cn2)n1C.